The third-order valence-corrected chi connectivity index (χ3v) is 3.75. The van der Waals surface area contributed by atoms with Crippen LogP contribution in [0.4, 0.5) is 5.69 Å². The van der Waals surface area contributed by atoms with Gasteiger partial charge in [0.15, 0.2) is 0 Å². The molecule has 0 spiro atoms. The van der Waals surface area contributed by atoms with Gasteiger partial charge in [0.05, 0.1) is 0 Å². The molecule has 0 aromatic carbocycles. The molecule has 1 aromatic heterocycles. The summed E-state index contributed by atoms with van der Waals surface area (Å²) in [4.78, 5) is 7.03. The van der Waals surface area contributed by atoms with Gasteiger partial charge in [-0.3, -0.25) is 4.98 Å². The smallest absolute Gasteiger partial charge is 0.0450 e. The van der Waals surface area contributed by atoms with Gasteiger partial charge in [-0.25, -0.2) is 0 Å². The largest absolute Gasteiger partial charge is 0.368 e. The summed E-state index contributed by atoms with van der Waals surface area (Å²) in [5, 5.41) is 0. The Kier molecular flexibility index (Phi) is 3.67. The molecule has 1 unspecified atom stereocenters. The molecule has 0 aliphatic carbocycles. The zero-order valence-corrected chi connectivity index (χ0v) is 11.2. The highest BCUT2D eigenvalue weighted by molar-refractivity contribution is 5.57. The van der Waals surface area contributed by atoms with Gasteiger partial charge in [-0.1, -0.05) is 0 Å². The van der Waals surface area contributed by atoms with E-state index in [-0.39, 0.29) is 0 Å². The highest BCUT2D eigenvalue weighted by atomic mass is 15.2. The first-order valence-corrected chi connectivity index (χ1v) is 6.57. The van der Waals surface area contributed by atoms with Crippen LogP contribution in [0.1, 0.15) is 43.1 Å². The van der Waals surface area contributed by atoms with Crippen molar-refractivity contribution in [2.24, 2.45) is 5.73 Å². The first-order valence-electron chi connectivity index (χ1n) is 6.57. The molecule has 3 nitrogen and oxygen atoms in total. The van der Waals surface area contributed by atoms with E-state index in [1.54, 1.807) is 0 Å². The summed E-state index contributed by atoms with van der Waals surface area (Å²) in [5.41, 5.74) is 10.6. The van der Waals surface area contributed by atoms with Gasteiger partial charge in [-0.15, -0.1) is 0 Å². The van der Waals surface area contributed by atoms with E-state index in [1.165, 1.54) is 30.5 Å². The van der Waals surface area contributed by atoms with E-state index in [9.17, 15) is 0 Å². The fraction of sp³-hybridized carbons (Fsp3) is 0.643. The molecule has 0 radical (unpaired) electrons. The molecule has 1 aliphatic heterocycles. The van der Waals surface area contributed by atoms with Gasteiger partial charge in [0.25, 0.3) is 0 Å². The molecule has 3 heteroatoms. The van der Waals surface area contributed by atoms with Crippen LogP contribution in [0.15, 0.2) is 6.07 Å². The standard InChI is InChI=1S/C14H23N3/c1-10-8-14(13(9-15)12(3)16-10)17-7-5-4-6-11(17)2/h8,11H,4-7,9,15H2,1-3H3. The molecule has 1 fully saturated rings. The Morgan fingerprint density at radius 1 is 1.41 bits per heavy atom. The van der Waals surface area contributed by atoms with Crippen LogP contribution < -0.4 is 10.6 Å². The number of hydrogen-bond donors (Lipinski definition) is 1. The molecule has 1 aliphatic rings. The molecule has 17 heavy (non-hydrogen) atoms. The van der Waals surface area contributed by atoms with Gasteiger partial charge >= 0.3 is 0 Å². The van der Waals surface area contributed by atoms with Crippen molar-refractivity contribution in [1.29, 1.82) is 0 Å². The average molecular weight is 233 g/mol. The van der Waals surface area contributed by atoms with Crippen molar-refractivity contribution >= 4 is 5.69 Å². The van der Waals surface area contributed by atoms with Crippen LogP contribution in [0.2, 0.25) is 0 Å². The first-order chi connectivity index (χ1) is 8.13. The van der Waals surface area contributed by atoms with Crippen LogP contribution in [0, 0.1) is 13.8 Å². The van der Waals surface area contributed by atoms with Crippen LogP contribution in [0.3, 0.4) is 0 Å². The number of hydrogen-bond acceptors (Lipinski definition) is 3. The lowest BCUT2D eigenvalue weighted by Crippen LogP contribution is -2.38. The number of aryl methyl sites for hydroxylation is 2. The molecule has 0 saturated carbocycles. The summed E-state index contributed by atoms with van der Waals surface area (Å²) >= 11 is 0. The predicted octanol–water partition coefficient (Wildman–Crippen LogP) is 2.54. The van der Waals surface area contributed by atoms with E-state index >= 15 is 0 Å². The van der Waals surface area contributed by atoms with E-state index in [4.69, 9.17) is 5.73 Å². The fourth-order valence-corrected chi connectivity index (χ4v) is 2.80. The monoisotopic (exact) mass is 233 g/mol. The first kappa shape index (κ1) is 12.4. The van der Waals surface area contributed by atoms with E-state index in [2.05, 4.69) is 36.7 Å². The second kappa shape index (κ2) is 5.05. The number of pyridine rings is 1. The Morgan fingerprint density at radius 3 is 2.82 bits per heavy atom. The third-order valence-electron chi connectivity index (χ3n) is 3.75. The molecule has 0 amide bonds. The van der Waals surface area contributed by atoms with Crippen molar-refractivity contribution in [1.82, 2.24) is 4.98 Å². The Morgan fingerprint density at radius 2 is 2.18 bits per heavy atom. The average Bonchev–Trinajstić information content (AvgIpc) is 2.28. The van der Waals surface area contributed by atoms with Crippen molar-refractivity contribution in [3.8, 4) is 0 Å². The molecule has 0 bridgehead atoms. The van der Waals surface area contributed by atoms with E-state index in [0.29, 0.717) is 12.6 Å². The maximum Gasteiger partial charge on any atom is 0.0450 e. The Balaban J connectivity index is 2.42. The van der Waals surface area contributed by atoms with Crippen molar-refractivity contribution in [3.63, 3.8) is 0 Å². The minimum absolute atomic E-state index is 0.581. The summed E-state index contributed by atoms with van der Waals surface area (Å²) < 4.78 is 0. The lowest BCUT2D eigenvalue weighted by atomic mass is 10.0. The van der Waals surface area contributed by atoms with Crippen molar-refractivity contribution < 1.29 is 0 Å². The number of nitrogens with zero attached hydrogens (tertiary/aromatic N) is 2. The van der Waals surface area contributed by atoms with Gasteiger partial charge in [0.2, 0.25) is 0 Å². The highest BCUT2D eigenvalue weighted by Gasteiger charge is 2.21. The van der Waals surface area contributed by atoms with Gasteiger partial charge < -0.3 is 10.6 Å². The molecule has 1 saturated heterocycles. The van der Waals surface area contributed by atoms with Crippen LogP contribution in [0.25, 0.3) is 0 Å². The van der Waals surface area contributed by atoms with E-state index < -0.39 is 0 Å². The van der Waals surface area contributed by atoms with Gasteiger partial charge in [0, 0.05) is 41.8 Å². The maximum absolute atomic E-state index is 5.89. The minimum atomic E-state index is 0.581. The molecular formula is C14H23N3. The normalized spacial score (nSPS) is 20.7. The van der Waals surface area contributed by atoms with Crippen LogP contribution in [0.5, 0.6) is 0 Å². The lowest BCUT2D eigenvalue weighted by molar-refractivity contribution is 0.483. The van der Waals surface area contributed by atoms with Crippen molar-refractivity contribution in [2.45, 2.75) is 52.6 Å². The lowest BCUT2D eigenvalue weighted by Gasteiger charge is -2.37. The number of anilines is 1. The topological polar surface area (TPSA) is 42.1 Å². The summed E-state index contributed by atoms with van der Waals surface area (Å²) in [6, 6.07) is 2.81. The van der Waals surface area contributed by atoms with E-state index in [1.807, 2.05) is 0 Å². The predicted molar refractivity (Wildman–Crippen MR) is 72.3 cm³/mol. The minimum Gasteiger partial charge on any atom is -0.368 e. The zero-order chi connectivity index (χ0) is 12.4. The van der Waals surface area contributed by atoms with Crippen LogP contribution in [-0.2, 0) is 6.54 Å². The van der Waals surface area contributed by atoms with Crippen LogP contribution >= 0.6 is 0 Å². The van der Waals surface area contributed by atoms with E-state index in [0.717, 1.165) is 17.9 Å². The number of rotatable bonds is 2. The quantitative estimate of drug-likeness (QED) is 0.853. The molecular weight excluding hydrogens is 210 g/mol. The second-order valence-electron chi connectivity index (χ2n) is 5.09. The third kappa shape index (κ3) is 2.44. The molecule has 1 atom stereocenters. The van der Waals surface area contributed by atoms with Crippen molar-refractivity contribution in [2.75, 3.05) is 11.4 Å². The zero-order valence-electron chi connectivity index (χ0n) is 11.2. The van der Waals surface area contributed by atoms with Crippen LogP contribution in [-0.4, -0.2) is 17.6 Å². The molecule has 2 heterocycles. The SMILES string of the molecule is Cc1cc(N2CCCCC2C)c(CN)c(C)n1. The molecule has 2 N–H and O–H groups in total. The number of aromatic nitrogens is 1. The maximum atomic E-state index is 5.89. The summed E-state index contributed by atoms with van der Waals surface area (Å²) in [6.45, 7) is 8.16. The Bertz CT molecular complexity index is 401. The number of piperidine rings is 1. The summed E-state index contributed by atoms with van der Waals surface area (Å²) in [7, 11) is 0. The summed E-state index contributed by atoms with van der Waals surface area (Å²) in [5.74, 6) is 0. The highest BCUT2D eigenvalue weighted by Crippen LogP contribution is 2.29. The van der Waals surface area contributed by atoms with Gasteiger partial charge in [0.1, 0.15) is 0 Å². The number of nitrogens with two attached hydrogens (primary N) is 1. The van der Waals surface area contributed by atoms with Gasteiger partial charge in [-0.2, -0.15) is 0 Å². The Hall–Kier alpha value is -1.09. The second-order valence-corrected chi connectivity index (χ2v) is 5.09. The van der Waals surface area contributed by atoms with Crippen molar-refractivity contribution in [3.05, 3.63) is 23.0 Å². The molecule has 2 rings (SSSR count). The summed E-state index contributed by atoms with van der Waals surface area (Å²) in [6.07, 6.45) is 3.91. The molecule has 94 valence electrons. The fourth-order valence-electron chi connectivity index (χ4n) is 2.80. The Labute approximate surface area is 104 Å². The van der Waals surface area contributed by atoms with Gasteiger partial charge in [-0.05, 0) is 46.1 Å². The molecule has 1 aromatic rings.